The van der Waals surface area contributed by atoms with E-state index < -0.39 is 27.0 Å². The van der Waals surface area contributed by atoms with Crippen molar-refractivity contribution in [2.75, 3.05) is 13.1 Å². The lowest BCUT2D eigenvalue weighted by atomic mass is 10.0. The first kappa shape index (κ1) is 24.6. The van der Waals surface area contributed by atoms with E-state index in [4.69, 9.17) is 32.8 Å². The van der Waals surface area contributed by atoms with Crippen LogP contribution in [0.3, 0.4) is 0 Å². The van der Waals surface area contributed by atoms with E-state index in [0.29, 0.717) is 53.0 Å². The average Bonchev–Trinajstić information content (AvgIpc) is 3.66. The maximum absolute atomic E-state index is 14.9. The topological polar surface area (TPSA) is 84.9 Å². The van der Waals surface area contributed by atoms with Gasteiger partial charge in [-0.25, -0.2) is 17.5 Å². The van der Waals surface area contributed by atoms with Crippen LogP contribution >= 0.6 is 23.2 Å². The molecule has 188 valence electrons. The number of piperidine rings is 1. The highest BCUT2D eigenvalue weighted by molar-refractivity contribution is 7.91. The Labute approximate surface area is 213 Å². The number of amides is 1. The van der Waals surface area contributed by atoms with Gasteiger partial charge in [-0.05, 0) is 68.7 Å². The van der Waals surface area contributed by atoms with Crippen molar-refractivity contribution in [3.05, 3.63) is 57.3 Å². The maximum Gasteiger partial charge on any atom is 0.267 e. The first-order valence-corrected chi connectivity index (χ1v) is 13.9. The van der Waals surface area contributed by atoms with Crippen molar-refractivity contribution in [1.29, 1.82) is 0 Å². The minimum atomic E-state index is -3.78. The third-order valence-corrected chi connectivity index (χ3v) is 8.52. The summed E-state index contributed by atoms with van der Waals surface area (Å²) >= 11 is 12.1. The second-order valence-electron chi connectivity index (χ2n) is 9.29. The zero-order valence-corrected chi connectivity index (χ0v) is 21.1. The summed E-state index contributed by atoms with van der Waals surface area (Å²) in [6.07, 6.45) is 4.24. The molecule has 0 unspecified atom stereocenters. The molecule has 1 N–H and O–H groups in total. The number of halogens is 3. The quantitative estimate of drug-likeness (QED) is 0.501. The number of nitrogens with zero attached hydrogens (tertiary/aromatic N) is 1. The van der Waals surface area contributed by atoms with Crippen LogP contribution in [-0.4, -0.2) is 43.8 Å². The SMILES string of the molecule is O=C(NS(=O)(=O)C1CC1)c1cc(C2CC2)c(ON2CCC[C@@H](Oc3cc(Cl)cc(Cl)c3)C2)cc1F. The fourth-order valence-corrected chi connectivity index (χ4v) is 5.99. The number of ether oxygens (including phenoxy) is 1. The predicted molar refractivity (Wildman–Crippen MR) is 130 cm³/mol. The number of sulfonamides is 1. The van der Waals surface area contributed by atoms with E-state index in [2.05, 4.69) is 0 Å². The van der Waals surface area contributed by atoms with E-state index in [-0.39, 0.29) is 17.6 Å². The standard InChI is InChI=1S/C24H25Cl2FN2O5S/c25-15-8-16(26)10-18(9-15)33-17-2-1-7-29(13-17)34-23-12-22(27)21(11-20(23)14-3-4-14)24(30)28-35(31,32)19-5-6-19/h8-12,14,17,19H,1-7,13H2,(H,28,30)/t17-/m1/s1. The lowest BCUT2D eigenvalue weighted by Gasteiger charge is -2.32. The number of rotatable bonds is 8. The van der Waals surface area contributed by atoms with Crippen molar-refractivity contribution in [3.63, 3.8) is 0 Å². The molecule has 0 spiro atoms. The molecular formula is C24H25Cl2FN2O5S. The third-order valence-electron chi connectivity index (χ3n) is 6.27. The fraction of sp³-hybridized carbons (Fsp3) is 0.458. The highest BCUT2D eigenvalue weighted by Crippen LogP contribution is 2.45. The Morgan fingerprint density at radius 3 is 2.40 bits per heavy atom. The smallest absolute Gasteiger partial charge is 0.267 e. The van der Waals surface area contributed by atoms with Crippen LogP contribution in [0.5, 0.6) is 11.5 Å². The largest absolute Gasteiger partial charge is 0.489 e. The lowest BCUT2D eigenvalue weighted by molar-refractivity contribution is -0.101. The molecule has 1 amide bonds. The van der Waals surface area contributed by atoms with Gasteiger partial charge < -0.3 is 9.57 Å². The molecule has 3 fully saturated rings. The minimum Gasteiger partial charge on any atom is -0.489 e. The van der Waals surface area contributed by atoms with Crippen LogP contribution in [0.4, 0.5) is 4.39 Å². The van der Waals surface area contributed by atoms with Gasteiger partial charge in [0.05, 0.1) is 17.4 Å². The molecule has 2 saturated carbocycles. The fourth-order valence-electron chi connectivity index (χ4n) is 4.20. The van der Waals surface area contributed by atoms with E-state index in [1.54, 1.807) is 23.3 Å². The Morgan fingerprint density at radius 2 is 1.74 bits per heavy atom. The van der Waals surface area contributed by atoms with Crippen molar-refractivity contribution in [2.24, 2.45) is 0 Å². The van der Waals surface area contributed by atoms with Crippen molar-refractivity contribution >= 4 is 39.1 Å². The number of nitrogens with one attached hydrogen (secondary N) is 1. The maximum atomic E-state index is 14.9. The van der Waals surface area contributed by atoms with Gasteiger partial charge in [-0.15, -0.1) is 5.06 Å². The first-order valence-electron chi connectivity index (χ1n) is 11.6. The summed E-state index contributed by atoms with van der Waals surface area (Å²) in [7, 11) is -3.78. The van der Waals surface area contributed by atoms with Gasteiger partial charge in [0.1, 0.15) is 17.7 Å². The van der Waals surface area contributed by atoms with Crippen LogP contribution in [0.25, 0.3) is 0 Å². The van der Waals surface area contributed by atoms with E-state index in [9.17, 15) is 17.6 Å². The van der Waals surface area contributed by atoms with Crippen LogP contribution < -0.4 is 14.3 Å². The van der Waals surface area contributed by atoms with E-state index in [1.165, 1.54) is 12.1 Å². The molecule has 2 aromatic rings. The van der Waals surface area contributed by atoms with Crippen LogP contribution in [0.1, 0.15) is 60.4 Å². The Balaban J connectivity index is 1.30. The molecule has 1 atom stereocenters. The molecule has 2 aliphatic carbocycles. The highest BCUT2D eigenvalue weighted by atomic mass is 35.5. The Morgan fingerprint density at radius 1 is 1.03 bits per heavy atom. The monoisotopic (exact) mass is 542 g/mol. The van der Waals surface area contributed by atoms with Crippen LogP contribution in [-0.2, 0) is 10.0 Å². The number of carbonyl (C=O) groups excluding carboxylic acids is 1. The molecule has 0 aromatic heterocycles. The lowest BCUT2D eigenvalue weighted by Crippen LogP contribution is -2.43. The van der Waals surface area contributed by atoms with Gasteiger partial charge in [-0.3, -0.25) is 4.79 Å². The van der Waals surface area contributed by atoms with Crippen molar-refractivity contribution in [1.82, 2.24) is 9.79 Å². The van der Waals surface area contributed by atoms with Crippen molar-refractivity contribution < 1.29 is 27.2 Å². The van der Waals surface area contributed by atoms with Gasteiger partial charge in [0.2, 0.25) is 10.0 Å². The molecule has 1 aliphatic heterocycles. The predicted octanol–water partition coefficient (Wildman–Crippen LogP) is 5.07. The molecule has 0 bridgehead atoms. The average molecular weight is 543 g/mol. The molecule has 11 heteroatoms. The Hall–Kier alpha value is -2.07. The molecule has 2 aromatic carbocycles. The second-order valence-corrected chi connectivity index (χ2v) is 12.1. The number of carbonyl (C=O) groups is 1. The summed E-state index contributed by atoms with van der Waals surface area (Å²) in [4.78, 5) is 18.6. The summed E-state index contributed by atoms with van der Waals surface area (Å²) < 4.78 is 47.3. The van der Waals surface area contributed by atoms with Crippen molar-refractivity contribution in [2.45, 2.75) is 55.8 Å². The molecule has 0 radical (unpaired) electrons. The first-order chi connectivity index (χ1) is 16.7. The van der Waals surface area contributed by atoms with Crippen LogP contribution in [0, 0.1) is 5.82 Å². The molecular weight excluding hydrogens is 518 g/mol. The van der Waals surface area contributed by atoms with Gasteiger partial charge in [0, 0.05) is 28.2 Å². The molecule has 7 nitrogen and oxygen atoms in total. The van der Waals surface area contributed by atoms with Gasteiger partial charge in [-0.2, -0.15) is 0 Å². The third kappa shape index (κ3) is 6.02. The zero-order chi connectivity index (χ0) is 24.7. The van der Waals surface area contributed by atoms with Gasteiger partial charge in [-0.1, -0.05) is 23.2 Å². The number of hydroxylamine groups is 2. The van der Waals surface area contributed by atoms with Crippen LogP contribution in [0.15, 0.2) is 30.3 Å². The molecule has 35 heavy (non-hydrogen) atoms. The highest BCUT2D eigenvalue weighted by Gasteiger charge is 2.38. The number of benzene rings is 2. The number of hydrogen-bond donors (Lipinski definition) is 1. The summed E-state index contributed by atoms with van der Waals surface area (Å²) in [6, 6.07) is 7.62. The van der Waals surface area contributed by atoms with E-state index >= 15 is 0 Å². The second kappa shape index (κ2) is 9.76. The minimum absolute atomic E-state index is 0.141. The van der Waals surface area contributed by atoms with Gasteiger partial charge in [0.25, 0.3) is 5.91 Å². The van der Waals surface area contributed by atoms with Crippen LogP contribution in [0.2, 0.25) is 10.0 Å². The van der Waals surface area contributed by atoms with E-state index in [0.717, 1.165) is 25.7 Å². The van der Waals surface area contributed by atoms with Gasteiger partial charge >= 0.3 is 0 Å². The molecule has 3 aliphatic rings. The van der Waals surface area contributed by atoms with Gasteiger partial charge in [0.15, 0.2) is 5.75 Å². The van der Waals surface area contributed by atoms with E-state index in [1.807, 2.05) is 4.72 Å². The Kier molecular flexibility index (Phi) is 6.87. The summed E-state index contributed by atoms with van der Waals surface area (Å²) in [5.74, 6) is -0.739. The summed E-state index contributed by atoms with van der Waals surface area (Å²) in [5.41, 5.74) is 0.409. The molecule has 1 saturated heterocycles. The van der Waals surface area contributed by atoms with Crippen molar-refractivity contribution in [3.8, 4) is 11.5 Å². The zero-order valence-electron chi connectivity index (χ0n) is 18.8. The summed E-state index contributed by atoms with van der Waals surface area (Å²) in [6.45, 7) is 1.07. The molecule has 1 heterocycles. The number of hydrogen-bond acceptors (Lipinski definition) is 6. The summed E-state index contributed by atoms with van der Waals surface area (Å²) in [5, 5.41) is 2.11. The molecule has 5 rings (SSSR count). The Bertz CT molecular complexity index is 1230. The normalized spacial score (nSPS) is 20.9.